The van der Waals surface area contributed by atoms with Crippen molar-refractivity contribution < 1.29 is 19.1 Å². The van der Waals surface area contributed by atoms with E-state index in [0.717, 1.165) is 15.1 Å². The molecule has 9 heteroatoms. The van der Waals surface area contributed by atoms with Gasteiger partial charge in [-0.1, -0.05) is 35.6 Å². The molecule has 3 heterocycles. The maximum absolute atomic E-state index is 12.5. The molecular formula is C22H15N3O5S. The predicted octanol–water partition coefficient (Wildman–Crippen LogP) is 2.64. The Morgan fingerprint density at radius 1 is 0.968 bits per heavy atom. The fourth-order valence-electron chi connectivity index (χ4n) is 3.57. The first-order valence-corrected chi connectivity index (χ1v) is 10.4. The maximum atomic E-state index is 12.5. The summed E-state index contributed by atoms with van der Waals surface area (Å²) in [7, 11) is 0. The lowest BCUT2D eigenvalue weighted by molar-refractivity contribution is -0.145. The molecule has 0 unspecified atom stereocenters. The van der Waals surface area contributed by atoms with Crippen LogP contribution < -0.4 is 5.56 Å². The van der Waals surface area contributed by atoms with Crippen molar-refractivity contribution in [3.05, 3.63) is 81.8 Å². The van der Waals surface area contributed by atoms with Crippen LogP contribution in [0.5, 0.6) is 0 Å². The van der Waals surface area contributed by atoms with Crippen LogP contribution in [0.15, 0.2) is 59.4 Å². The molecule has 0 atom stereocenters. The molecule has 0 fully saturated rings. The van der Waals surface area contributed by atoms with Gasteiger partial charge in [-0.05, 0) is 24.3 Å². The number of aromatic nitrogens is 2. The Hall–Kier alpha value is -3.85. The molecule has 2 amide bonds. The summed E-state index contributed by atoms with van der Waals surface area (Å²) in [6, 6.07) is 15.4. The van der Waals surface area contributed by atoms with Crippen LogP contribution in [0, 0.1) is 0 Å². The number of esters is 1. The number of rotatable bonds is 5. The predicted molar refractivity (Wildman–Crippen MR) is 113 cm³/mol. The highest BCUT2D eigenvalue weighted by atomic mass is 32.1. The number of thiazole rings is 1. The molecule has 5 rings (SSSR count). The molecule has 31 heavy (non-hydrogen) atoms. The Morgan fingerprint density at radius 2 is 1.65 bits per heavy atom. The smallest absolute Gasteiger partial charge is 0.307 e. The molecule has 0 bridgehead atoms. The monoisotopic (exact) mass is 433 g/mol. The van der Waals surface area contributed by atoms with Crippen molar-refractivity contribution in [2.75, 3.05) is 6.54 Å². The third kappa shape index (κ3) is 3.28. The summed E-state index contributed by atoms with van der Waals surface area (Å²) in [4.78, 5) is 55.3. The van der Waals surface area contributed by atoms with E-state index in [2.05, 4.69) is 4.98 Å². The van der Waals surface area contributed by atoms with Crippen molar-refractivity contribution in [3.8, 4) is 0 Å². The van der Waals surface area contributed by atoms with Crippen molar-refractivity contribution in [2.24, 2.45) is 0 Å². The summed E-state index contributed by atoms with van der Waals surface area (Å²) >= 11 is 1.38. The Kier molecular flexibility index (Phi) is 4.59. The summed E-state index contributed by atoms with van der Waals surface area (Å²) < 4.78 is 7.67. The van der Waals surface area contributed by atoms with Crippen LogP contribution in [0.1, 0.15) is 32.8 Å². The number of ether oxygens (including phenoxy) is 1. The van der Waals surface area contributed by atoms with E-state index in [1.54, 1.807) is 24.3 Å². The van der Waals surface area contributed by atoms with Gasteiger partial charge < -0.3 is 4.74 Å². The number of benzene rings is 2. The number of imide groups is 1. The lowest BCUT2D eigenvalue weighted by Crippen LogP contribution is -2.32. The van der Waals surface area contributed by atoms with Gasteiger partial charge in [-0.15, -0.1) is 0 Å². The topological polar surface area (TPSA) is 98.0 Å². The highest BCUT2D eigenvalue weighted by molar-refractivity contribution is 7.23. The lowest BCUT2D eigenvalue weighted by atomic mass is 10.1. The van der Waals surface area contributed by atoms with Gasteiger partial charge in [0.15, 0.2) is 4.96 Å². The molecule has 0 aliphatic carbocycles. The Morgan fingerprint density at radius 3 is 2.39 bits per heavy atom. The minimum Gasteiger partial charge on any atom is -0.459 e. The molecule has 0 saturated carbocycles. The van der Waals surface area contributed by atoms with Gasteiger partial charge in [0, 0.05) is 12.6 Å². The second kappa shape index (κ2) is 7.44. The zero-order valence-electron chi connectivity index (χ0n) is 16.1. The van der Waals surface area contributed by atoms with Crippen LogP contribution in [-0.2, 0) is 16.1 Å². The van der Waals surface area contributed by atoms with Gasteiger partial charge in [0.2, 0.25) is 0 Å². The maximum Gasteiger partial charge on any atom is 0.307 e. The number of para-hydroxylation sites is 1. The average molecular weight is 433 g/mol. The average Bonchev–Trinajstić information content (AvgIpc) is 3.26. The Balaban J connectivity index is 1.25. The summed E-state index contributed by atoms with van der Waals surface area (Å²) in [5.41, 5.74) is 1.54. The normalized spacial score (nSPS) is 13.2. The van der Waals surface area contributed by atoms with Gasteiger partial charge in [0.1, 0.15) is 6.61 Å². The molecule has 0 radical (unpaired) electrons. The van der Waals surface area contributed by atoms with Gasteiger partial charge in [0.25, 0.3) is 17.4 Å². The van der Waals surface area contributed by atoms with E-state index in [4.69, 9.17) is 4.74 Å². The first-order chi connectivity index (χ1) is 15.0. The van der Waals surface area contributed by atoms with Crippen LogP contribution in [0.2, 0.25) is 0 Å². The highest BCUT2D eigenvalue weighted by Gasteiger charge is 2.35. The van der Waals surface area contributed by atoms with Crippen LogP contribution in [0.4, 0.5) is 0 Å². The molecule has 2 aromatic carbocycles. The molecule has 0 spiro atoms. The molecule has 1 aliphatic heterocycles. The first kappa shape index (κ1) is 19.1. The zero-order valence-corrected chi connectivity index (χ0v) is 16.9. The van der Waals surface area contributed by atoms with E-state index in [1.807, 2.05) is 24.3 Å². The standard InChI is InChI=1S/C22H15N3O5S/c26-18-11-13(23-22-25(18)16-7-3-4-8-17(16)31-22)12-30-19(27)9-10-24-20(28)14-5-1-2-6-15(14)21(24)29/h1-8,11H,9-10,12H2. The first-order valence-electron chi connectivity index (χ1n) is 9.54. The number of nitrogens with zero attached hydrogens (tertiary/aromatic N) is 3. The van der Waals surface area contributed by atoms with E-state index in [9.17, 15) is 19.2 Å². The Bertz CT molecular complexity index is 1400. The van der Waals surface area contributed by atoms with Gasteiger partial charge in [-0.25, -0.2) is 4.98 Å². The van der Waals surface area contributed by atoms with Crippen molar-refractivity contribution in [2.45, 2.75) is 13.0 Å². The SMILES string of the molecule is O=C(CCN1C(=O)c2ccccc2C1=O)OCc1cc(=O)n2c(n1)sc1ccccc12. The number of hydrogen-bond donors (Lipinski definition) is 0. The van der Waals surface area contributed by atoms with Crippen molar-refractivity contribution in [3.63, 3.8) is 0 Å². The lowest BCUT2D eigenvalue weighted by Gasteiger charge is -2.13. The minimum absolute atomic E-state index is 0.0728. The Labute approximate surface area is 179 Å². The van der Waals surface area contributed by atoms with Crippen molar-refractivity contribution >= 4 is 44.3 Å². The van der Waals surface area contributed by atoms with E-state index >= 15 is 0 Å². The number of hydrogen-bond acceptors (Lipinski definition) is 7. The van der Waals surface area contributed by atoms with E-state index in [-0.39, 0.29) is 25.1 Å². The quantitative estimate of drug-likeness (QED) is 0.355. The highest BCUT2D eigenvalue weighted by Crippen LogP contribution is 2.24. The van der Waals surface area contributed by atoms with Gasteiger partial charge in [0.05, 0.1) is 33.5 Å². The minimum atomic E-state index is -0.588. The van der Waals surface area contributed by atoms with Crippen LogP contribution in [-0.4, -0.2) is 38.6 Å². The van der Waals surface area contributed by atoms with Gasteiger partial charge in [-0.3, -0.25) is 28.5 Å². The van der Waals surface area contributed by atoms with Crippen LogP contribution in [0.25, 0.3) is 15.2 Å². The summed E-state index contributed by atoms with van der Waals surface area (Å²) in [5, 5.41) is 0. The second-order valence-electron chi connectivity index (χ2n) is 6.99. The van der Waals surface area contributed by atoms with Crippen LogP contribution >= 0.6 is 11.3 Å². The van der Waals surface area contributed by atoms with Crippen molar-refractivity contribution in [1.82, 2.24) is 14.3 Å². The molecule has 154 valence electrons. The molecule has 2 aromatic heterocycles. The molecule has 1 aliphatic rings. The molecule has 0 saturated heterocycles. The largest absolute Gasteiger partial charge is 0.459 e. The summed E-state index contributed by atoms with van der Waals surface area (Å²) in [6.45, 7) is -0.239. The third-order valence-corrected chi connectivity index (χ3v) is 6.07. The summed E-state index contributed by atoms with van der Waals surface area (Å²) in [5.74, 6) is -1.42. The van der Waals surface area contributed by atoms with Crippen LogP contribution in [0.3, 0.4) is 0 Å². The molecule has 4 aromatic rings. The number of fused-ring (bicyclic) bond motifs is 4. The number of amides is 2. The number of carbonyl (C=O) groups is 3. The van der Waals surface area contributed by atoms with Gasteiger partial charge >= 0.3 is 5.97 Å². The fraction of sp³-hybridized carbons (Fsp3) is 0.136. The summed E-state index contributed by atoms with van der Waals surface area (Å²) in [6.07, 6.45) is -0.143. The zero-order chi connectivity index (χ0) is 21.5. The fourth-order valence-corrected chi connectivity index (χ4v) is 4.62. The van der Waals surface area contributed by atoms with Gasteiger partial charge in [-0.2, -0.15) is 0 Å². The van der Waals surface area contributed by atoms with E-state index in [0.29, 0.717) is 21.8 Å². The molecular weight excluding hydrogens is 418 g/mol. The van der Waals surface area contributed by atoms with E-state index in [1.165, 1.54) is 21.8 Å². The van der Waals surface area contributed by atoms with E-state index < -0.39 is 17.8 Å². The third-order valence-electron chi connectivity index (χ3n) is 5.05. The number of carbonyl (C=O) groups excluding carboxylic acids is 3. The van der Waals surface area contributed by atoms with Crippen molar-refractivity contribution in [1.29, 1.82) is 0 Å². The molecule has 8 nitrogen and oxygen atoms in total. The molecule has 0 N–H and O–H groups in total. The second-order valence-corrected chi connectivity index (χ2v) is 8.00.